The molecule has 0 aliphatic heterocycles. The first kappa shape index (κ1) is 38.5. The predicted molar refractivity (Wildman–Crippen MR) is 279 cm³/mol. The van der Waals surface area contributed by atoms with Crippen molar-refractivity contribution < 1.29 is 0 Å². The first-order valence-corrected chi connectivity index (χ1v) is 22.8. The Bertz CT molecular complexity index is 3880. The maximum atomic E-state index is 5.42. The van der Waals surface area contributed by atoms with Gasteiger partial charge in [0.25, 0.3) is 0 Å². The molecule has 2 aromatic heterocycles. The Kier molecular flexibility index (Phi) is 9.14. The van der Waals surface area contributed by atoms with Crippen molar-refractivity contribution >= 4 is 54.1 Å². The molecule has 0 atom stereocenters. The quantitative estimate of drug-likeness (QED) is 0.150. The van der Waals surface area contributed by atoms with Crippen molar-refractivity contribution in [1.29, 1.82) is 0 Å². The van der Waals surface area contributed by atoms with Crippen LogP contribution in [-0.2, 0) is 0 Å². The lowest BCUT2D eigenvalue weighted by molar-refractivity contribution is 1.06. The van der Waals surface area contributed by atoms with Crippen molar-refractivity contribution in [2.75, 3.05) is 0 Å². The summed E-state index contributed by atoms with van der Waals surface area (Å²) in [6.07, 6.45) is 0. The van der Waals surface area contributed by atoms with E-state index in [-0.39, 0.29) is 0 Å². The van der Waals surface area contributed by atoms with Crippen molar-refractivity contribution in [2.24, 2.45) is 0 Å². The van der Waals surface area contributed by atoms with Gasteiger partial charge in [0.1, 0.15) is 0 Å². The first-order valence-electron chi connectivity index (χ1n) is 22.8. The van der Waals surface area contributed by atoms with Gasteiger partial charge in [-0.3, -0.25) is 0 Å². The van der Waals surface area contributed by atoms with Crippen molar-refractivity contribution in [2.45, 2.75) is 0 Å². The van der Waals surface area contributed by atoms with E-state index in [4.69, 9.17) is 15.0 Å². The molecule has 2 heterocycles. The highest BCUT2D eigenvalue weighted by Crippen LogP contribution is 2.41. The Labute approximate surface area is 387 Å². The maximum absolute atomic E-state index is 5.42. The van der Waals surface area contributed by atoms with E-state index in [1.165, 1.54) is 60.0 Å². The van der Waals surface area contributed by atoms with Crippen LogP contribution in [0.4, 0.5) is 0 Å². The van der Waals surface area contributed by atoms with E-state index < -0.39 is 0 Å². The normalized spacial score (nSPS) is 11.6. The van der Waals surface area contributed by atoms with Crippen LogP contribution in [0.25, 0.3) is 127 Å². The van der Waals surface area contributed by atoms with Gasteiger partial charge in [-0.2, -0.15) is 0 Å². The van der Waals surface area contributed by atoms with E-state index in [0.29, 0.717) is 17.5 Å². The number of aromatic nitrogens is 4. The summed E-state index contributed by atoms with van der Waals surface area (Å²) in [4.78, 5) is 16.1. The van der Waals surface area contributed by atoms with Gasteiger partial charge in [-0.05, 0) is 108 Å². The van der Waals surface area contributed by atoms with Gasteiger partial charge in [-0.1, -0.05) is 200 Å². The van der Waals surface area contributed by atoms with E-state index in [1.54, 1.807) is 0 Å². The summed E-state index contributed by atoms with van der Waals surface area (Å²) in [6, 6.07) is 86.5. The smallest absolute Gasteiger partial charge is 0.166 e. The molecule has 0 aliphatic rings. The molecule has 0 amide bonds. The molecular formula is C63H40N4. The average Bonchev–Trinajstić information content (AvgIpc) is 3.74. The van der Waals surface area contributed by atoms with E-state index in [9.17, 15) is 0 Å². The highest BCUT2D eigenvalue weighted by molar-refractivity contribution is 6.25. The molecule has 0 aliphatic carbocycles. The molecule has 4 heteroatoms. The monoisotopic (exact) mass is 852 g/mol. The zero-order chi connectivity index (χ0) is 44.3. The molecule has 0 spiro atoms. The molecule has 312 valence electrons. The number of para-hydroxylation sites is 1. The highest BCUT2D eigenvalue weighted by Gasteiger charge is 2.21. The fraction of sp³-hybridized carbons (Fsp3) is 0. The Morgan fingerprint density at radius 2 is 0.582 bits per heavy atom. The first-order chi connectivity index (χ1) is 33.2. The molecule has 67 heavy (non-hydrogen) atoms. The van der Waals surface area contributed by atoms with Crippen LogP contribution in [0.3, 0.4) is 0 Å². The predicted octanol–water partition coefficient (Wildman–Crippen LogP) is 16.4. The summed E-state index contributed by atoms with van der Waals surface area (Å²) in [7, 11) is 0. The summed E-state index contributed by atoms with van der Waals surface area (Å²) in [5.41, 5.74) is 12.9. The molecule has 11 aromatic carbocycles. The zero-order valence-electron chi connectivity index (χ0n) is 36.4. The van der Waals surface area contributed by atoms with Crippen LogP contribution >= 0.6 is 0 Å². The number of hydrogen-bond donors (Lipinski definition) is 0. The van der Waals surface area contributed by atoms with Crippen LogP contribution in [0.15, 0.2) is 243 Å². The lowest BCUT2D eigenvalue weighted by Gasteiger charge is -2.15. The topological polar surface area (TPSA) is 43.6 Å². The fourth-order valence-corrected chi connectivity index (χ4v) is 10.0. The number of fused-ring (bicyclic) bond motifs is 9. The molecule has 0 saturated heterocycles. The number of rotatable bonds is 7. The van der Waals surface area contributed by atoms with Crippen molar-refractivity contribution in [3.63, 3.8) is 0 Å². The lowest BCUT2D eigenvalue weighted by atomic mass is 9.93. The van der Waals surface area contributed by atoms with Gasteiger partial charge < -0.3 is 4.57 Å². The molecule has 4 nitrogen and oxygen atoms in total. The maximum Gasteiger partial charge on any atom is 0.166 e. The van der Waals surface area contributed by atoms with Gasteiger partial charge in [-0.25, -0.2) is 15.0 Å². The van der Waals surface area contributed by atoms with Gasteiger partial charge in [-0.15, -0.1) is 0 Å². The van der Waals surface area contributed by atoms with Gasteiger partial charge in [0, 0.05) is 27.5 Å². The van der Waals surface area contributed by atoms with Gasteiger partial charge in [0.05, 0.1) is 16.7 Å². The third-order valence-electron chi connectivity index (χ3n) is 13.3. The lowest BCUT2D eigenvalue weighted by Crippen LogP contribution is -2.03. The molecule has 13 aromatic rings. The van der Waals surface area contributed by atoms with Crippen LogP contribution < -0.4 is 0 Å². The van der Waals surface area contributed by atoms with Crippen LogP contribution in [0.2, 0.25) is 0 Å². The van der Waals surface area contributed by atoms with E-state index in [1.807, 2.05) is 6.07 Å². The van der Waals surface area contributed by atoms with Gasteiger partial charge in [0.15, 0.2) is 17.5 Å². The summed E-state index contributed by atoms with van der Waals surface area (Å²) < 4.78 is 2.38. The average molecular weight is 853 g/mol. The zero-order valence-corrected chi connectivity index (χ0v) is 36.4. The molecule has 0 bridgehead atoms. The Balaban J connectivity index is 1.04. The second-order valence-corrected chi connectivity index (χ2v) is 17.1. The summed E-state index contributed by atoms with van der Waals surface area (Å²) in [5, 5.41) is 9.62. The van der Waals surface area contributed by atoms with Crippen LogP contribution in [-0.4, -0.2) is 19.5 Å². The Morgan fingerprint density at radius 1 is 0.224 bits per heavy atom. The summed E-state index contributed by atoms with van der Waals surface area (Å²) >= 11 is 0. The minimum absolute atomic E-state index is 0.600. The van der Waals surface area contributed by atoms with E-state index >= 15 is 0 Å². The minimum atomic E-state index is 0.600. The van der Waals surface area contributed by atoms with Crippen molar-refractivity contribution in [1.82, 2.24) is 19.5 Å². The van der Waals surface area contributed by atoms with Crippen LogP contribution in [0.5, 0.6) is 0 Å². The second-order valence-electron chi connectivity index (χ2n) is 17.1. The van der Waals surface area contributed by atoms with Crippen molar-refractivity contribution in [3.05, 3.63) is 243 Å². The third-order valence-corrected chi connectivity index (χ3v) is 13.3. The summed E-state index contributed by atoms with van der Waals surface area (Å²) in [6.45, 7) is 0. The molecule has 13 rings (SSSR count). The van der Waals surface area contributed by atoms with Crippen LogP contribution in [0, 0.1) is 0 Å². The standard InChI is InChI=1S/C63H40N4/c1-4-16-41(17-5-1)44-28-30-45(31-29-44)61-64-62(48-32-35-53-51-24-11-10-22-49(51)50-23-12-13-25-52(50)55(53)40-48)66-63(65-61)54-26-14-15-27-58(54)67-59-36-33-46(42-18-6-2-7-19-42)38-56(59)57-39-47(34-37-60(57)67)43-20-8-3-9-21-43/h1-40H. The molecule has 0 unspecified atom stereocenters. The second kappa shape index (κ2) is 15.9. The Morgan fingerprint density at radius 3 is 1.13 bits per heavy atom. The SMILES string of the molecule is c1ccc(-c2ccc(-c3nc(-c4ccc5c6ccccc6c6ccccc6c5c4)nc(-c4ccccc4-n4c5ccc(-c6ccccc6)cc5c5cc(-c6ccccc6)ccc54)n3)cc2)cc1. The summed E-state index contributed by atoms with van der Waals surface area (Å²) in [5.74, 6) is 1.83. The van der Waals surface area contributed by atoms with E-state index in [0.717, 1.165) is 49.9 Å². The highest BCUT2D eigenvalue weighted by atomic mass is 15.1. The van der Waals surface area contributed by atoms with Crippen LogP contribution in [0.1, 0.15) is 0 Å². The largest absolute Gasteiger partial charge is 0.309 e. The molecular weight excluding hydrogens is 813 g/mol. The fourth-order valence-electron chi connectivity index (χ4n) is 10.0. The molecule has 0 N–H and O–H groups in total. The number of benzene rings is 11. The third kappa shape index (κ3) is 6.65. The molecule has 0 saturated carbocycles. The van der Waals surface area contributed by atoms with Gasteiger partial charge >= 0.3 is 0 Å². The minimum Gasteiger partial charge on any atom is -0.309 e. The van der Waals surface area contributed by atoms with E-state index in [2.05, 4.69) is 241 Å². The molecule has 0 radical (unpaired) electrons. The Hall–Kier alpha value is -8.99. The molecule has 0 fully saturated rings. The number of nitrogens with zero attached hydrogens (tertiary/aromatic N) is 4. The van der Waals surface area contributed by atoms with Crippen molar-refractivity contribution in [3.8, 4) is 73.2 Å². The van der Waals surface area contributed by atoms with Gasteiger partial charge in [0.2, 0.25) is 0 Å². The number of hydrogen-bond acceptors (Lipinski definition) is 3.